The molecule has 1 saturated heterocycles. The van der Waals surface area contributed by atoms with Gasteiger partial charge >= 0.3 is 5.97 Å². The Morgan fingerprint density at radius 1 is 1.42 bits per heavy atom. The Balaban J connectivity index is 1.70. The van der Waals surface area contributed by atoms with Gasteiger partial charge in [-0.2, -0.15) is 4.37 Å². The smallest absolute Gasteiger partial charge is 0.352 e. The van der Waals surface area contributed by atoms with Crippen LogP contribution in [0.2, 0.25) is 0 Å². The van der Waals surface area contributed by atoms with E-state index in [9.17, 15) is 4.79 Å². The van der Waals surface area contributed by atoms with E-state index >= 15 is 0 Å². The monoisotopic (exact) mass is 278 g/mol. The molecule has 0 amide bonds. The van der Waals surface area contributed by atoms with Crippen molar-refractivity contribution in [3.63, 3.8) is 0 Å². The molecule has 1 aliphatic heterocycles. The Hall–Kier alpha value is -1.89. The van der Waals surface area contributed by atoms with Gasteiger partial charge in [0.15, 0.2) is 0 Å². The summed E-state index contributed by atoms with van der Waals surface area (Å²) >= 11 is 1.40. The molecule has 2 aromatic rings. The van der Waals surface area contributed by atoms with E-state index in [0.717, 1.165) is 31.1 Å². The zero-order chi connectivity index (χ0) is 13.2. The maximum atomic E-state index is 11.1. The number of hydrogen-bond donors (Lipinski definition) is 1. The molecule has 100 valence electrons. The molecule has 0 aliphatic carbocycles. The van der Waals surface area contributed by atoms with Gasteiger partial charge in [0.2, 0.25) is 5.13 Å². The summed E-state index contributed by atoms with van der Waals surface area (Å²) < 4.78 is 5.88. The van der Waals surface area contributed by atoms with Crippen LogP contribution in [-0.4, -0.2) is 38.1 Å². The molecule has 1 N–H and O–H groups in total. The SMILES string of the molecule is O=C(O)c1cccn1C1CCN(c2ncns2)CC1. The minimum Gasteiger partial charge on any atom is -0.477 e. The number of aromatic carboxylic acids is 1. The van der Waals surface area contributed by atoms with Crippen LogP contribution in [0.5, 0.6) is 0 Å². The zero-order valence-electron chi connectivity index (χ0n) is 10.3. The summed E-state index contributed by atoms with van der Waals surface area (Å²) in [6.45, 7) is 1.77. The molecule has 0 aromatic carbocycles. The van der Waals surface area contributed by atoms with Crippen molar-refractivity contribution in [2.75, 3.05) is 18.0 Å². The molecule has 6 nitrogen and oxygen atoms in total. The van der Waals surface area contributed by atoms with Gasteiger partial charge in [-0.1, -0.05) is 0 Å². The number of hydrogen-bond acceptors (Lipinski definition) is 5. The molecule has 0 saturated carbocycles. The maximum Gasteiger partial charge on any atom is 0.352 e. The number of anilines is 1. The van der Waals surface area contributed by atoms with Gasteiger partial charge in [0.1, 0.15) is 12.0 Å². The van der Waals surface area contributed by atoms with E-state index in [1.54, 1.807) is 18.5 Å². The van der Waals surface area contributed by atoms with Crippen molar-refractivity contribution in [2.24, 2.45) is 0 Å². The third-order valence-corrected chi connectivity index (χ3v) is 4.20. The van der Waals surface area contributed by atoms with E-state index in [1.165, 1.54) is 11.5 Å². The predicted octanol–water partition coefficient (Wildman–Crippen LogP) is 1.88. The number of carboxylic acids is 1. The standard InChI is InChI=1S/C12H14N4O2S/c17-11(18)10-2-1-5-16(10)9-3-6-15(7-4-9)12-13-8-14-19-12/h1-2,5,8-9H,3-4,6-7H2,(H,17,18). The molecule has 2 aromatic heterocycles. The van der Waals surface area contributed by atoms with Gasteiger partial charge in [-0.25, -0.2) is 9.78 Å². The average molecular weight is 278 g/mol. The fourth-order valence-electron chi connectivity index (χ4n) is 2.54. The quantitative estimate of drug-likeness (QED) is 0.928. The molecular weight excluding hydrogens is 264 g/mol. The summed E-state index contributed by atoms with van der Waals surface area (Å²) in [4.78, 5) is 17.5. The van der Waals surface area contributed by atoms with Gasteiger partial charge in [0.25, 0.3) is 0 Å². The van der Waals surface area contributed by atoms with Gasteiger partial charge in [-0.15, -0.1) is 0 Å². The Labute approximate surface area is 114 Å². The van der Waals surface area contributed by atoms with Crippen molar-refractivity contribution in [2.45, 2.75) is 18.9 Å². The average Bonchev–Trinajstić information content (AvgIpc) is 3.10. The highest BCUT2D eigenvalue weighted by atomic mass is 32.1. The second-order valence-electron chi connectivity index (χ2n) is 4.55. The molecule has 3 rings (SSSR count). The molecule has 0 bridgehead atoms. The van der Waals surface area contributed by atoms with Gasteiger partial charge in [-0.3, -0.25) is 0 Å². The molecule has 1 aliphatic rings. The first-order valence-corrected chi connectivity index (χ1v) is 6.95. The molecular formula is C12H14N4O2S. The fourth-order valence-corrected chi connectivity index (χ4v) is 3.12. The lowest BCUT2D eigenvalue weighted by molar-refractivity contribution is 0.0681. The molecule has 0 spiro atoms. The molecule has 7 heteroatoms. The van der Waals surface area contributed by atoms with Crippen LogP contribution in [0.15, 0.2) is 24.7 Å². The van der Waals surface area contributed by atoms with Crippen LogP contribution in [0.4, 0.5) is 5.13 Å². The third kappa shape index (κ3) is 2.33. The van der Waals surface area contributed by atoms with Crippen molar-refractivity contribution in [3.8, 4) is 0 Å². The van der Waals surface area contributed by atoms with Crippen molar-refractivity contribution >= 4 is 22.6 Å². The largest absolute Gasteiger partial charge is 0.477 e. The van der Waals surface area contributed by atoms with Crippen LogP contribution in [0.3, 0.4) is 0 Å². The van der Waals surface area contributed by atoms with Crippen molar-refractivity contribution < 1.29 is 9.90 Å². The van der Waals surface area contributed by atoms with E-state index < -0.39 is 5.97 Å². The van der Waals surface area contributed by atoms with Crippen LogP contribution < -0.4 is 4.90 Å². The molecule has 0 unspecified atom stereocenters. The van der Waals surface area contributed by atoms with Crippen LogP contribution in [0.1, 0.15) is 29.4 Å². The van der Waals surface area contributed by atoms with Gasteiger partial charge in [0.05, 0.1) is 0 Å². The van der Waals surface area contributed by atoms with E-state index in [2.05, 4.69) is 14.3 Å². The first-order chi connectivity index (χ1) is 9.25. The summed E-state index contributed by atoms with van der Waals surface area (Å²) in [6.07, 6.45) is 5.28. The summed E-state index contributed by atoms with van der Waals surface area (Å²) in [5.74, 6) is -0.864. The van der Waals surface area contributed by atoms with Gasteiger partial charge in [0, 0.05) is 36.9 Å². The summed E-state index contributed by atoms with van der Waals surface area (Å²) in [7, 11) is 0. The number of carbonyl (C=O) groups is 1. The summed E-state index contributed by atoms with van der Waals surface area (Å²) in [5, 5.41) is 10.1. The topological polar surface area (TPSA) is 71.2 Å². The van der Waals surface area contributed by atoms with Crippen LogP contribution >= 0.6 is 11.5 Å². The lowest BCUT2D eigenvalue weighted by Crippen LogP contribution is -2.35. The van der Waals surface area contributed by atoms with Crippen LogP contribution in [0, 0.1) is 0 Å². The summed E-state index contributed by atoms with van der Waals surface area (Å²) in [6, 6.07) is 3.70. The number of aromatic nitrogens is 3. The third-order valence-electron chi connectivity index (χ3n) is 3.48. The number of rotatable bonds is 3. The summed E-state index contributed by atoms with van der Waals surface area (Å²) in [5.41, 5.74) is 0.370. The molecule has 19 heavy (non-hydrogen) atoms. The lowest BCUT2D eigenvalue weighted by Gasteiger charge is -2.32. The number of nitrogens with zero attached hydrogens (tertiary/aromatic N) is 4. The first kappa shape index (κ1) is 12.2. The minimum absolute atomic E-state index is 0.255. The molecule has 0 radical (unpaired) electrons. The normalized spacial score (nSPS) is 16.7. The highest BCUT2D eigenvalue weighted by Gasteiger charge is 2.24. The number of carboxylic acid groups (broad SMARTS) is 1. The minimum atomic E-state index is -0.864. The van der Waals surface area contributed by atoms with Crippen molar-refractivity contribution in [3.05, 3.63) is 30.4 Å². The molecule has 3 heterocycles. The van der Waals surface area contributed by atoms with Crippen molar-refractivity contribution in [1.29, 1.82) is 0 Å². The number of piperidine rings is 1. The molecule has 1 fully saturated rings. The van der Waals surface area contributed by atoms with E-state index in [1.807, 2.05) is 10.8 Å². The Morgan fingerprint density at radius 3 is 2.84 bits per heavy atom. The highest BCUT2D eigenvalue weighted by Crippen LogP contribution is 2.28. The Kier molecular flexibility index (Phi) is 3.20. The van der Waals surface area contributed by atoms with Crippen LogP contribution in [0.25, 0.3) is 0 Å². The molecule has 0 atom stereocenters. The Bertz CT molecular complexity index is 558. The van der Waals surface area contributed by atoms with Gasteiger partial charge in [-0.05, 0) is 25.0 Å². The second kappa shape index (κ2) is 5.00. The van der Waals surface area contributed by atoms with Crippen LogP contribution in [-0.2, 0) is 0 Å². The predicted molar refractivity (Wildman–Crippen MR) is 71.8 cm³/mol. The van der Waals surface area contributed by atoms with E-state index in [0.29, 0.717) is 5.69 Å². The maximum absolute atomic E-state index is 11.1. The fraction of sp³-hybridized carbons (Fsp3) is 0.417. The lowest BCUT2D eigenvalue weighted by atomic mass is 10.1. The van der Waals surface area contributed by atoms with E-state index in [-0.39, 0.29) is 6.04 Å². The van der Waals surface area contributed by atoms with Crippen molar-refractivity contribution in [1.82, 2.24) is 13.9 Å². The van der Waals surface area contributed by atoms with E-state index in [4.69, 9.17) is 5.11 Å². The van der Waals surface area contributed by atoms with Gasteiger partial charge < -0.3 is 14.6 Å². The zero-order valence-corrected chi connectivity index (χ0v) is 11.1. The first-order valence-electron chi connectivity index (χ1n) is 6.17. The highest BCUT2D eigenvalue weighted by molar-refractivity contribution is 7.09. The Morgan fingerprint density at radius 2 is 2.21 bits per heavy atom. The second-order valence-corrected chi connectivity index (χ2v) is 5.31.